The molecule has 0 saturated carbocycles. The molecular formula is C14H24N2O4. The molecule has 1 unspecified atom stereocenters. The number of nitrogens with two attached hydrogens (primary N) is 1. The normalized spacial score (nSPS) is 12.5. The number of nitrogens with one attached hydrogen (secondary N) is 1. The van der Waals surface area contributed by atoms with Crippen LogP contribution < -0.4 is 20.7 Å². The highest BCUT2D eigenvalue weighted by molar-refractivity contribution is 5.42. The van der Waals surface area contributed by atoms with Crippen LogP contribution in [0, 0.1) is 0 Å². The second-order valence-electron chi connectivity index (χ2n) is 4.03. The molecule has 0 saturated heterocycles. The average Bonchev–Trinajstić information content (AvgIpc) is 2.48. The molecule has 0 radical (unpaired) electrons. The van der Waals surface area contributed by atoms with E-state index in [1.807, 2.05) is 32.0 Å². The summed E-state index contributed by atoms with van der Waals surface area (Å²) in [6.45, 7) is 4.86. The number of benzene rings is 1. The Morgan fingerprint density at radius 3 is 2.20 bits per heavy atom. The molecule has 0 heterocycles. The molecule has 0 bridgehead atoms. The quantitative estimate of drug-likeness (QED) is 0.408. The fraction of sp³-hybridized carbons (Fsp3) is 0.571. The number of rotatable bonds is 9. The van der Waals surface area contributed by atoms with E-state index in [0.29, 0.717) is 24.7 Å². The van der Waals surface area contributed by atoms with Crippen LogP contribution in [-0.2, 0) is 9.47 Å². The molecule has 0 spiro atoms. The lowest BCUT2D eigenvalue weighted by molar-refractivity contribution is -0.155. The third kappa shape index (κ3) is 4.08. The molecule has 0 aromatic heterocycles. The van der Waals surface area contributed by atoms with Crippen LogP contribution in [0.15, 0.2) is 18.2 Å². The highest BCUT2D eigenvalue weighted by atomic mass is 16.7. The van der Waals surface area contributed by atoms with Crippen LogP contribution in [0.1, 0.15) is 25.5 Å². The van der Waals surface area contributed by atoms with Crippen molar-refractivity contribution in [3.63, 3.8) is 0 Å². The summed E-state index contributed by atoms with van der Waals surface area (Å²) in [7, 11) is 3.22. The fourth-order valence-electron chi connectivity index (χ4n) is 1.97. The Balaban J connectivity index is 3.13. The Kier molecular flexibility index (Phi) is 7.32. The van der Waals surface area contributed by atoms with Gasteiger partial charge < -0.3 is 18.9 Å². The molecule has 1 rings (SSSR count). The largest absolute Gasteiger partial charge is 0.497 e. The summed E-state index contributed by atoms with van der Waals surface area (Å²) in [6.07, 6.45) is -0.504. The zero-order chi connectivity index (χ0) is 15.0. The van der Waals surface area contributed by atoms with Gasteiger partial charge >= 0.3 is 0 Å². The zero-order valence-corrected chi connectivity index (χ0v) is 12.5. The predicted octanol–water partition coefficient (Wildman–Crippen LogP) is 1.61. The van der Waals surface area contributed by atoms with Gasteiger partial charge in [-0.15, -0.1) is 0 Å². The monoisotopic (exact) mass is 284 g/mol. The van der Waals surface area contributed by atoms with E-state index in [2.05, 4.69) is 5.43 Å². The zero-order valence-electron chi connectivity index (χ0n) is 12.5. The van der Waals surface area contributed by atoms with Gasteiger partial charge in [0.1, 0.15) is 17.5 Å². The van der Waals surface area contributed by atoms with Gasteiger partial charge in [0.2, 0.25) is 0 Å². The topological polar surface area (TPSA) is 75.0 Å². The molecule has 0 aliphatic heterocycles. The van der Waals surface area contributed by atoms with Gasteiger partial charge in [-0.25, -0.2) is 5.43 Å². The van der Waals surface area contributed by atoms with Crippen LogP contribution >= 0.6 is 0 Å². The summed E-state index contributed by atoms with van der Waals surface area (Å²) in [4.78, 5) is 0. The van der Waals surface area contributed by atoms with E-state index in [4.69, 9.17) is 24.8 Å². The number of ether oxygens (including phenoxy) is 4. The van der Waals surface area contributed by atoms with Crippen LogP contribution in [0.25, 0.3) is 0 Å². The van der Waals surface area contributed by atoms with Crippen LogP contribution in [0.2, 0.25) is 0 Å². The SMILES string of the molecule is CCOC(OCC)C(NN)c1cc(OC)ccc1OC. The molecule has 6 heteroatoms. The van der Waals surface area contributed by atoms with Crippen molar-refractivity contribution < 1.29 is 18.9 Å². The first kappa shape index (κ1) is 16.7. The maximum absolute atomic E-state index is 5.67. The summed E-state index contributed by atoms with van der Waals surface area (Å²) >= 11 is 0. The van der Waals surface area contributed by atoms with Gasteiger partial charge in [-0.05, 0) is 32.0 Å². The van der Waals surface area contributed by atoms with E-state index in [1.165, 1.54) is 0 Å². The van der Waals surface area contributed by atoms with Crippen molar-refractivity contribution in [3.05, 3.63) is 23.8 Å². The Bertz CT molecular complexity index is 395. The van der Waals surface area contributed by atoms with Crippen molar-refractivity contribution in [1.29, 1.82) is 0 Å². The van der Waals surface area contributed by atoms with E-state index in [1.54, 1.807) is 14.2 Å². The van der Waals surface area contributed by atoms with E-state index < -0.39 is 6.29 Å². The average molecular weight is 284 g/mol. The molecule has 0 aliphatic carbocycles. The summed E-state index contributed by atoms with van der Waals surface area (Å²) in [5.41, 5.74) is 3.55. The molecule has 1 aromatic carbocycles. The van der Waals surface area contributed by atoms with Crippen molar-refractivity contribution in [2.45, 2.75) is 26.2 Å². The molecule has 20 heavy (non-hydrogen) atoms. The Morgan fingerprint density at radius 2 is 1.75 bits per heavy atom. The molecule has 1 aromatic rings. The number of hydrazine groups is 1. The highest BCUT2D eigenvalue weighted by Crippen LogP contribution is 2.32. The van der Waals surface area contributed by atoms with Gasteiger partial charge in [-0.3, -0.25) is 5.84 Å². The van der Waals surface area contributed by atoms with Crippen LogP contribution in [0.4, 0.5) is 0 Å². The molecule has 3 N–H and O–H groups in total. The fourth-order valence-corrected chi connectivity index (χ4v) is 1.97. The van der Waals surface area contributed by atoms with Crippen molar-refractivity contribution in [3.8, 4) is 11.5 Å². The lowest BCUT2D eigenvalue weighted by atomic mass is 10.0. The molecule has 0 fully saturated rings. The van der Waals surface area contributed by atoms with Gasteiger partial charge in [0.25, 0.3) is 0 Å². The van der Waals surface area contributed by atoms with Gasteiger partial charge in [-0.2, -0.15) is 0 Å². The maximum Gasteiger partial charge on any atom is 0.178 e. The van der Waals surface area contributed by atoms with Crippen LogP contribution in [0.3, 0.4) is 0 Å². The number of hydrogen-bond donors (Lipinski definition) is 2. The minimum atomic E-state index is -0.504. The Morgan fingerprint density at radius 1 is 1.10 bits per heavy atom. The first-order valence-corrected chi connectivity index (χ1v) is 6.63. The summed E-state index contributed by atoms with van der Waals surface area (Å²) in [5, 5.41) is 0. The molecule has 0 aliphatic rings. The third-order valence-electron chi connectivity index (χ3n) is 2.89. The first-order chi connectivity index (χ1) is 9.71. The minimum Gasteiger partial charge on any atom is -0.497 e. The lowest BCUT2D eigenvalue weighted by Crippen LogP contribution is -2.39. The van der Waals surface area contributed by atoms with Crippen LogP contribution in [0.5, 0.6) is 11.5 Å². The maximum atomic E-state index is 5.67. The van der Waals surface area contributed by atoms with E-state index >= 15 is 0 Å². The number of hydrogen-bond acceptors (Lipinski definition) is 6. The third-order valence-corrected chi connectivity index (χ3v) is 2.89. The highest BCUT2D eigenvalue weighted by Gasteiger charge is 2.26. The lowest BCUT2D eigenvalue weighted by Gasteiger charge is -2.27. The van der Waals surface area contributed by atoms with Gasteiger partial charge in [0.05, 0.1) is 14.2 Å². The second kappa shape index (κ2) is 8.76. The van der Waals surface area contributed by atoms with Crippen molar-refractivity contribution in [2.75, 3.05) is 27.4 Å². The number of methoxy groups -OCH3 is 2. The van der Waals surface area contributed by atoms with E-state index in [0.717, 1.165) is 5.56 Å². The van der Waals surface area contributed by atoms with Crippen molar-refractivity contribution in [2.24, 2.45) is 5.84 Å². The van der Waals surface area contributed by atoms with Gasteiger partial charge in [0, 0.05) is 18.8 Å². The summed E-state index contributed by atoms with van der Waals surface area (Å²) in [6, 6.07) is 5.15. The summed E-state index contributed by atoms with van der Waals surface area (Å²) < 4.78 is 21.8. The molecule has 114 valence electrons. The second-order valence-corrected chi connectivity index (χ2v) is 4.03. The van der Waals surface area contributed by atoms with Crippen molar-refractivity contribution >= 4 is 0 Å². The predicted molar refractivity (Wildman–Crippen MR) is 76.7 cm³/mol. The first-order valence-electron chi connectivity index (χ1n) is 6.63. The molecule has 6 nitrogen and oxygen atoms in total. The smallest absolute Gasteiger partial charge is 0.178 e. The van der Waals surface area contributed by atoms with E-state index in [-0.39, 0.29) is 6.04 Å². The Hall–Kier alpha value is -1.34. The summed E-state index contributed by atoms with van der Waals surface area (Å²) in [5.74, 6) is 7.08. The van der Waals surface area contributed by atoms with Gasteiger partial charge in [0.15, 0.2) is 6.29 Å². The van der Waals surface area contributed by atoms with Crippen LogP contribution in [-0.4, -0.2) is 33.7 Å². The minimum absolute atomic E-state index is 0.361. The standard InChI is InChI=1S/C14H24N2O4/c1-5-19-14(20-6-2)13(16-15)11-9-10(17-3)7-8-12(11)18-4/h7-9,13-14,16H,5-6,15H2,1-4H3. The van der Waals surface area contributed by atoms with Gasteiger partial charge in [-0.1, -0.05) is 0 Å². The Labute approximate surface area is 120 Å². The molecule has 0 amide bonds. The van der Waals surface area contributed by atoms with E-state index in [9.17, 15) is 0 Å². The molecular weight excluding hydrogens is 260 g/mol. The molecule has 1 atom stereocenters. The van der Waals surface area contributed by atoms with Crippen molar-refractivity contribution in [1.82, 2.24) is 5.43 Å².